The second kappa shape index (κ2) is 3.79. The Labute approximate surface area is 93.5 Å². The Kier molecular flexibility index (Phi) is 2.29. The first-order chi connectivity index (χ1) is 7.81. The fourth-order valence-corrected chi connectivity index (χ4v) is 2.15. The van der Waals surface area contributed by atoms with Crippen molar-refractivity contribution < 1.29 is 9.52 Å². The van der Waals surface area contributed by atoms with E-state index in [2.05, 4.69) is 15.7 Å². The van der Waals surface area contributed by atoms with E-state index in [-0.39, 0.29) is 6.10 Å². The van der Waals surface area contributed by atoms with E-state index in [0.29, 0.717) is 6.42 Å². The Hall–Kier alpha value is -1.55. The summed E-state index contributed by atoms with van der Waals surface area (Å²) in [7, 11) is 0. The summed E-state index contributed by atoms with van der Waals surface area (Å²) in [6, 6.07) is 3.84. The van der Waals surface area contributed by atoms with Gasteiger partial charge in [-0.15, -0.1) is 0 Å². The number of aliphatic hydroxyl groups is 1. The highest BCUT2D eigenvalue weighted by molar-refractivity contribution is 5.14. The Morgan fingerprint density at radius 3 is 3.31 bits per heavy atom. The summed E-state index contributed by atoms with van der Waals surface area (Å²) in [5, 5.41) is 9.55. The van der Waals surface area contributed by atoms with Gasteiger partial charge in [-0.2, -0.15) is 0 Å². The molecule has 1 aliphatic heterocycles. The van der Waals surface area contributed by atoms with E-state index >= 15 is 0 Å². The lowest BCUT2D eigenvalue weighted by Gasteiger charge is -2.18. The second-order valence-corrected chi connectivity index (χ2v) is 4.24. The number of furan rings is 1. The first-order valence-electron chi connectivity index (χ1n) is 5.56. The standard InChI is InChI=1S/C12H14N2O2/c15-10-3-4-14-8-9(13-12(14)7-10)6-11-2-1-5-16-11/h1-2,5,8,10,15H,3-4,6-7H2. The van der Waals surface area contributed by atoms with Crippen LogP contribution in [0.4, 0.5) is 0 Å². The van der Waals surface area contributed by atoms with Crippen LogP contribution in [0, 0.1) is 0 Å². The highest BCUT2D eigenvalue weighted by Crippen LogP contribution is 2.17. The number of hydrogen-bond acceptors (Lipinski definition) is 3. The van der Waals surface area contributed by atoms with Gasteiger partial charge in [0.2, 0.25) is 0 Å². The summed E-state index contributed by atoms with van der Waals surface area (Å²) in [6.07, 6.45) is 5.72. The van der Waals surface area contributed by atoms with Crippen LogP contribution >= 0.6 is 0 Å². The third-order valence-corrected chi connectivity index (χ3v) is 2.97. The molecule has 0 saturated heterocycles. The predicted molar refractivity (Wildman–Crippen MR) is 58.1 cm³/mol. The third kappa shape index (κ3) is 1.76. The SMILES string of the molecule is OC1CCn2cc(Cc3ccco3)nc2C1. The van der Waals surface area contributed by atoms with Crippen molar-refractivity contribution in [3.63, 3.8) is 0 Å². The quantitative estimate of drug-likeness (QED) is 0.828. The van der Waals surface area contributed by atoms with Gasteiger partial charge >= 0.3 is 0 Å². The van der Waals surface area contributed by atoms with E-state index in [4.69, 9.17) is 4.42 Å². The van der Waals surface area contributed by atoms with Gasteiger partial charge in [0.25, 0.3) is 0 Å². The van der Waals surface area contributed by atoms with E-state index < -0.39 is 0 Å². The lowest BCUT2D eigenvalue weighted by atomic mass is 10.1. The summed E-state index contributed by atoms with van der Waals surface area (Å²) in [5.74, 6) is 1.91. The Morgan fingerprint density at radius 2 is 2.50 bits per heavy atom. The minimum absolute atomic E-state index is 0.230. The second-order valence-electron chi connectivity index (χ2n) is 4.24. The monoisotopic (exact) mass is 218 g/mol. The molecule has 84 valence electrons. The molecule has 1 unspecified atom stereocenters. The molecule has 0 aromatic carbocycles. The van der Waals surface area contributed by atoms with Crippen LogP contribution < -0.4 is 0 Å². The molecule has 0 bridgehead atoms. The molecule has 0 saturated carbocycles. The fourth-order valence-electron chi connectivity index (χ4n) is 2.15. The summed E-state index contributed by atoms with van der Waals surface area (Å²) < 4.78 is 7.42. The molecule has 0 aliphatic carbocycles. The molecule has 1 atom stereocenters. The fraction of sp³-hybridized carbons (Fsp3) is 0.417. The van der Waals surface area contributed by atoms with Crippen LogP contribution in [0.2, 0.25) is 0 Å². The average Bonchev–Trinajstić information content (AvgIpc) is 2.86. The summed E-state index contributed by atoms with van der Waals surface area (Å²) in [6.45, 7) is 0.863. The first-order valence-corrected chi connectivity index (χ1v) is 5.56. The van der Waals surface area contributed by atoms with E-state index in [9.17, 15) is 5.11 Å². The molecule has 0 amide bonds. The number of aromatic nitrogens is 2. The summed E-state index contributed by atoms with van der Waals surface area (Å²) >= 11 is 0. The Balaban J connectivity index is 1.82. The van der Waals surface area contributed by atoms with Crippen LogP contribution in [-0.4, -0.2) is 20.8 Å². The molecule has 4 heteroatoms. The largest absolute Gasteiger partial charge is 0.469 e. The van der Waals surface area contributed by atoms with Crippen LogP contribution in [0.15, 0.2) is 29.0 Å². The predicted octanol–water partition coefficient (Wildman–Crippen LogP) is 1.37. The van der Waals surface area contributed by atoms with Gasteiger partial charge in [-0.1, -0.05) is 0 Å². The van der Waals surface area contributed by atoms with Crippen molar-refractivity contribution in [2.75, 3.05) is 0 Å². The minimum atomic E-state index is -0.230. The molecule has 3 heterocycles. The molecule has 0 fully saturated rings. The molecule has 0 spiro atoms. The van der Waals surface area contributed by atoms with Crippen molar-refractivity contribution in [3.05, 3.63) is 41.9 Å². The minimum Gasteiger partial charge on any atom is -0.469 e. The van der Waals surface area contributed by atoms with Gasteiger partial charge < -0.3 is 14.1 Å². The first kappa shape index (κ1) is 9.66. The summed E-state index contributed by atoms with van der Waals surface area (Å²) in [5.41, 5.74) is 1.01. The number of fused-ring (bicyclic) bond motifs is 1. The molecule has 2 aromatic rings. The average molecular weight is 218 g/mol. The number of aryl methyl sites for hydroxylation is 1. The normalized spacial score (nSPS) is 19.7. The van der Waals surface area contributed by atoms with Gasteiger partial charge in [0, 0.05) is 25.6 Å². The highest BCUT2D eigenvalue weighted by atomic mass is 16.3. The maximum absolute atomic E-state index is 9.55. The third-order valence-electron chi connectivity index (χ3n) is 2.97. The van der Waals surface area contributed by atoms with Crippen molar-refractivity contribution in [2.45, 2.75) is 31.9 Å². The van der Waals surface area contributed by atoms with Gasteiger partial charge in [0.15, 0.2) is 0 Å². The molecule has 16 heavy (non-hydrogen) atoms. The zero-order chi connectivity index (χ0) is 11.0. The zero-order valence-corrected chi connectivity index (χ0v) is 8.97. The smallest absolute Gasteiger partial charge is 0.111 e. The lowest BCUT2D eigenvalue weighted by Crippen LogP contribution is -2.22. The van der Waals surface area contributed by atoms with E-state index in [1.165, 1.54) is 0 Å². The van der Waals surface area contributed by atoms with Gasteiger partial charge in [-0.05, 0) is 18.6 Å². The maximum Gasteiger partial charge on any atom is 0.111 e. The van der Waals surface area contributed by atoms with Crippen LogP contribution in [0.25, 0.3) is 0 Å². The number of aliphatic hydroxyl groups excluding tert-OH is 1. The molecule has 3 rings (SSSR count). The number of nitrogens with zero attached hydrogens (tertiary/aromatic N) is 2. The molecule has 0 radical (unpaired) electrons. The number of imidazole rings is 1. The molecule has 2 aromatic heterocycles. The van der Waals surface area contributed by atoms with Crippen LogP contribution in [0.1, 0.15) is 23.7 Å². The number of hydrogen-bond donors (Lipinski definition) is 1. The Morgan fingerprint density at radius 1 is 1.56 bits per heavy atom. The van der Waals surface area contributed by atoms with Crippen LogP contribution in [0.5, 0.6) is 0 Å². The number of rotatable bonds is 2. The van der Waals surface area contributed by atoms with Gasteiger partial charge in [0.05, 0.1) is 18.1 Å². The molecule has 4 nitrogen and oxygen atoms in total. The van der Waals surface area contributed by atoms with Crippen LogP contribution in [0.3, 0.4) is 0 Å². The van der Waals surface area contributed by atoms with Crippen LogP contribution in [-0.2, 0) is 19.4 Å². The zero-order valence-electron chi connectivity index (χ0n) is 8.97. The maximum atomic E-state index is 9.55. The van der Waals surface area contributed by atoms with Crippen molar-refractivity contribution >= 4 is 0 Å². The summed E-state index contributed by atoms with van der Waals surface area (Å²) in [4.78, 5) is 4.52. The van der Waals surface area contributed by atoms with Gasteiger partial charge in [-0.3, -0.25) is 0 Å². The molecular weight excluding hydrogens is 204 g/mol. The van der Waals surface area contributed by atoms with Crippen molar-refractivity contribution in [1.29, 1.82) is 0 Å². The van der Waals surface area contributed by atoms with E-state index in [1.807, 2.05) is 12.1 Å². The highest BCUT2D eigenvalue weighted by Gasteiger charge is 2.18. The van der Waals surface area contributed by atoms with E-state index in [0.717, 1.165) is 36.7 Å². The van der Waals surface area contributed by atoms with Crippen molar-refractivity contribution in [3.8, 4) is 0 Å². The van der Waals surface area contributed by atoms with E-state index in [1.54, 1.807) is 6.26 Å². The van der Waals surface area contributed by atoms with Gasteiger partial charge in [0.1, 0.15) is 11.6 Å². The molecule has 1 aliphatic rings. The van der Waals surface area contributed by atoms with Crippen molar-refractivity contribution in [1.82, 2.24) is 9.55 Å². The molecular formula is C12H14N2O2. The molecule has 1 N–H and O–H groups in total. The Bertz CT molecular complexity index is 473. The lowest BCUT2D eigenvalue weighted by molar-refractivity contribution is 0.141. The topological polar surface area (TPSA) is 51.2 Å². The van der Waals surface area contributed by atoms with Gasteiger partial charge in [-0.25, -0.2) is 4.98 Å². The van der Waals surface area contributed by atoms with Crippen molar-refractivity contribution in [2.24, 2.45) is 0 Å².